The molecular weight excluding hydrogens is 226 g/mol. The maximum absolute atomic E-state index is 11.8. The summed E-state index contributed by atoms with van der Waals surface area (Å²) in [6.45, 7) is 4.76. The molecule has 2 atom stereocenters. The minimum atomic E-state index is 0. The summed E-state index contributed by atoms with van der Waals surface area (Å²) in [6, 6.07) is 0.379. The zero-order chi connectivity index (χ0) is 11.3. The van der Waals surface area contributed by atoms with Gasteiger partial charge in [0.2, 0.25) is 5.91 Å². The molecule has 0 aromatic carbocycles. The van der Waals surface area contributed by atoms with Gasteiger partial charge in [-0.05, 0) is 33.5 Å². The highest BCUT2D eigenvalue weighted by Gasteiger charge is 2.30. The second-order valence-electron chi connectivity index (χ2n) is 4.46. The molecule has 1 rings (SSSR count). The third-order valence-corrected chi connectivity index (χ3v) is 2.98. The summed E-state index contributed by atoms with van der Waals surface area (Å²) in [6.07, 6.45) is 2.01. The Morgan fingerprint density at radius 3 is 2.75 bits per heavy atom. The molecule has 0 spiro atoms. The number of carbonyl (C=O) groups is 1. The van der Waals surface area contributed by atoms with Gasteiger partial charge < -0.3 is 15.5 Å². The normalized spacial score (nSPS) is 24.2. The van der Waals surface area contributed by atoms with Gasteiger partial charge in [-0.1, -0.05) is 6.92 Å². The van der Waals surface area contributed by atoms with E-state index < -0.39 is 0 Å². The smallest absolute Gasteiger partial charge is 0.224 e. The van der Waals surface area contributed by atoms with Gasteiger partial charge in [0.05, 0.1) is 5.92 Å². The summed E-state index contributed by atoms with van der Waals surface area (Å²) < 4.78 is 0. The monoisotopic (exact) mass is 249 g/mol. The minimum Gasteiger partial charge on any atom is -0.355 e. The number of hydrogen-bond acceptors (Lipinski definition) is 3. The molecule has 0 aliphatic carbocycles. The van der Waals surface area contributed by atoms with Crippen LogP contribution in [0.25, 0.3) is 0 Å². The SMILES string of the molecule is CCC1NCCC1C(=O)NCCN(C)C.Cl. The summed E-state index contributed by atoms with van der Waals surface area (Å²) >= 11 is 0. The lowest BCUT2D eigenvalue weighted by molar-refractivity contribution is -0.125. The van der Waals surface area contributed by atoms with Crippen molar-refractivity contribution in [3.63, 3.8) is 0 Å². The number of hydrogen-bond donors (Lipinski definition) is 2. The van der Waals surface area contributed by atoms with Crippen LogP contribution >= 0.6 is 12.4 Å². The standard InChI is InChI=1S/C11H23N3O.ClH/c1-4-10-9(5-6-12-10)11(15)13-7-8-14(2)3;/h9-10,12H,4-8H2,1-3H3,(H,13,15);1H. The lowest BCUT2D eigenvalue weighted by Crippen LogP contribution is -2.40. The summed E-state index contributed by atoms with van der Waals surface area (Å²) in [5, 5.41) is 6.36. The van der Waals surface area contributed by atoms with Gasteiger partial charge in [0, 0.05) is 19.1 Å². The number of halogens is 1. The van der Waals surface area contributed by atoms with E-state index in [0.717, 1.165) is 32.5 Å². The van der Waals surface area contributed by atoms with Gasteiger partial charge in [-0.3, -0.25) is 4.79 Å². The van der Waals surface area contributed by atoms with E-state index in [1.807, 2.05) is 14.1 Å². The Bertz CT molecular complexity index is 211. The zero-order valence-electron chi connectivity index (χ0n) is 10.5. The lowest BCUT2D eigenvalue weighted by Gasteiger charge is -2.18. The van der Waals surface area contributed by atoms with Crippen LogP contribution in [0.3, 0.4) is 0 Å². The number of amides is 1. The molecular formula is C11H24ClN3O. The van der Waals surface area contributed by atoms with Crippen LogP contribution in [-0.2, 0) is 4.79 Å². The number of rotatable bonds is 5. The maximum Gasteiger partial charge on any atom is 0.224 e. The van der Waals surface area contributed by atoms with E-state index in [2.05, 4.69) is 22.5 Å². The van der Waals surface area contributed by atoms with Crippen molar-refractivity contribution in [1.29, 1.82) is 0 Å². The fraction of sp³-hybridized carbons (Fsp3) is 0.909. The van der Waals surface area contributed by atoms with Crippen LogP contribution in [0.2, 0.25) is 0 Å². The first kappa shape index (κ1) is 15.7. The molecule has 0 aromatic rings. The second-order valence-corrected chi connectivity index (χ2v) is 4.46. The third-order valence-electron chi connectivity index (χ3n) is 2.98. The van der Waals surface area contributed by atoms with Gasteiger partial charge in [-0.2, -0.15) is 0 Å². The number of likely N-dealkylation sites (N-methyl/N-ethyl adjacent to an activating group) is 1. The van der Waals surface area contributed by atoms with E-state index in [9.17, 15) is 4.79 Å². The molecule has 1 heterocycles. The Balaban J connectivity index is 0.00000225. The van der Waals surface area contributed by atoms with Gasteiger partial charge >= 0.3 is 0 Å². The molecule has 1 fully saturated rings. The molecule has 1 amide bonds. The van der Waals surface area contributed by atoms with Crippen LogP contribution in [0, 0.1) is 5.92 Å². The van der Waals surface area contributed by atoms with E-state index in [0.29, 0.717) is 6.04 Å². The zero-order valence-corrected chi connectivity index (χ0v) is 11.3. The van der Waals surface area contributed by atoms with E-state index in [1.165, 1.54) is 0 Å². The number of nitrogens with one attached hydrogen (secondary N) is 2. The van der Waals surface area contributed by atoms with Crippen molar-refractivity contribution in [3.05, 3.63) is 0 Å². The fourth-order valence-electron chi connectivity index (χ4n) is 2.04. The molecule has 1 saturated heterocycles. The predicted molar refractivity (Wildman–Crippen MR) is 69.0 cm³/mol. The van der Waals surface area contributed by atoms with Gasteiger partial charge in [-0.15, -0.1) is 12.4 Å². The lowest BCUT2D eigenvalue weighted by atomic mass is 9.98. The van der Waals surface area contributed by atoms with Gasteiger partial charge in [0.1, 0.15) is 0 Å². The van der Waals surface area contributed by atoms with Crippen molar-refractivity contribution in [2.24, 2.45) is 5.92 Å². The molecule has 1 aliphatic rings. The molecule has 1 aliphatic heterocycles. The minimum absolute atomic E-state index is 0. The summed E-state index contributed by atoms with van der Waals surface area (Å²) in [7, 11) is 4.02. The highest BCUT2D eigenvalue weighted by Crippen LogP contribution is 2.17. The summed E-state index contributed by atoms with van der Waals surface area (Å²) in [4.78, 5) is 13.9. The van der Waals surface area contributed by atoms with E-state index >= 15 is 0 Å². The maximum atomic E-state index is 11.8. The first-order chi connectivity index (χ1) is 7.15. The Labute approximate surface area is 105 Å². The van der Waals surface area contributed by atoms with Gasteiger partial charge in [0.25, 0.3) is 0 Å². The van der Waals surface area contributed by atoms with Gasteiger partial charge in [0.15, 0.2) is 0 Å². The quantitative estimate of drug-likeness (QED) is 0.745. The van der Waals surface area contributed by atoms with E-state index in [1.54, 1.807) is 0 Å². The Hall–Kier alpha value is -0.320. The van der Waals surface area contributed by atoms with Crippen LogP contribution in [-0.4, -0.2) is 50.6 Å². The van der Waals surface area contributed by atoms with Crippen LogP contribution in [0.15, 0.2) is 0 Å². The Morgan fingerprint density at radius 2 is 2.19 bits per heavy atom. The van der Waals surface area contributed by atoms with Crippen LogP contribution in [0.4, 0.5) is 0 Å². The number of carbonyl (C=O) groups excluding carboxylic acids is 1. The Morgan fingerprint density at radius 1 is 1.50 bits per heavy atom. The number of nitrogens with zero attached hydrogens (tertiary/aromatic N) is 1. The molecule has 4 nitrogen and oxygen atoms in total. The van der Waals surface area contributed by atoms with Crippen molar-refractivity contribution < 1.29 is 4.79 Å². The molecule has 16 heavy (non-hydrogen) atoms. The highest BCUT2D eigenvalue weighted by molar-refractivity contribution is 5.85. The van der Waals surface area contributed by atoms with Crippen molar-refractivity contribution in [2.75, 3.05) is 33.7 Å². The fourth-order valence-corrected chi connectivity index (χ4v) is 2.04. The topological polar surface area (TPSA) is 44.4 Å². The van der Waals surface area contributed by atoms with Gasteiger partial charge in [-0.25, -0.2) is 0 Å². The van der Waals surface area contributed by atoms with E-state index in [-0.39, 0.29) is 24.2 Å². The first-order valence-electron chi connectivity index (χ1n) is 5.81. The molecule has 0 bridgehead atoms. The molecule has 2 unspecified atom stereocenters. The van der Waals surface area contributed by atoms with Crippen LogP contribution in [0.1, 0.15) is 19.8 Å². The summed E-state index contributed by atoms with van der Waals surface area (Å²) in [5.41, 5.74) is 0. The second kappa shape index (κ2) is 7.87. The average molecular weight is 250 g/mol. The van der Waals surface area contributed by atoms with Crippen LogP contribution in [0.5, 0.6) is 0 Å². The van der Waals surface area contributed by atoms with Crippen molar-refractivity contribution >= 4 is 18.3 Å². The van der Waals surface area contributed by atoms with Crippen molar-refractivity contribution in [1.82, 2.24) is 15.5 Å². The molecule has 2 N–H and O–H groups in total. The Kier molecular flexibility index (Phi) is 7.72. The molecule has 0 radical (unpaired) electrons. The van der Waals surface area contributed by atoms with Crippen molar-refractivity contribution in [3.8, 4) is 0 Å². The molecule has 96 valence electrons. The highest BCUT2D eigenvalue weighted by atomic mass is 35.5. The average Bonchev–Trinajstić information content (AvgIpc) is 2.64. The van der Waals surface area contributed by atoms with Crippen LogP contribution < -0.4 is 10.6 Å². The molecule has 0 saturated carbocycles. The largest absolute Gasteiger partial charge is 0.355 e. The summed E-state index contributed by atoms with van der Waals surface area (Å²) in [5.74, 6) is 0.394. The van der Waals surface area contributed by atoms with Crippen molar-refractivity contribution in [2.45, 2.75) is 25.8 Å². The van der Waals surface area contributed by atoms with E-state index in [4.69, 9.17) is 0 Å². The third kappa shape index (κ3) is 4.68. The predicted octanol–water partition coefficient (Wildman–Crippen LogP) is 0.474. The first-order valence-corrected chi connectivity index (χ1v) is 5.81. The molecule has 5 heteroatoms. The molecule has 0 aromatic heterocycles.